The Bertz CT molecular complexity index is 872. The Morgan fingerprint density at radius 2 is 1.79 bits per heavy atom. The molecule has 0 radical (unpaired) electrons. The second kappa shape index (κ2) is 6.82. The van der Waals surface area contributed by atoms with Crippen LogP contribution in [-0.2, 0) is 9.53 Å². The van der Waals surface area contributed by atoms with Crippen LogP contribution >= 0.6 is 0 Å². The maximum atomic E-state index is 11.4. The standard InChI is InChI=1S/C26H33NO2/c1-17(28)29-20-8-12-25(2)19(16-20)4-5-21-23-7-6-22(18-10-14-27-15-11-18)26(23,3)13-9-24(21)25/h4,6,10-11,14-15,20-21,23-24H,5,7-9,12-13,16H2,1-3H3/t20-,21-,23-,24-,25-,26+/m0/s1. The van der Waals surface area contributed by atoms with Gasteiger partial charge < -0.3 is 4.74 Å². The molecule has 29 heavy (non-hydrogen) atoms. The highest BCUT2D eigenvalue weighted by Crippen LogP contribution is 2.66. The zero-order valence-corrected chi connectivity index (χ0v) is 18.0. The van der Waals surface area contributed by atoms with E-state index in [1.807, 2.05) is 12.4 Å². The van der Waals surface area contributed by atoms with Crippen molar-refractivity contribution < 1.29 is 9.53 Å². The third-order valence-corrected chi connectivity index (χ3v) is 8.96. The first-order chi connectivity index (χ1) is 13.9. The molecule has 0 bridgehead atoms. The van der Waals surface area contributed by atoms with Gasteiger partial charge in [0, 0.05) is 25.7 Å². The summed E-state index contributed by atoms with van der Waals surface area (Å²) in [4.78, 5) is 15.7. The highest BCUT2D eigenvalue weighted by atomic mass is 16.5. The van der Waals surface area contributed by atoms with Crippen LogP contribution in [0.5, 0.6) is 0 Å². The van der Waals surface area contributed by atoms with Crippen LogP contribution in [0.2, 0.25) is 0 Å². The molecule has 3 nitrogen and oxygen atoms in total. The molecule has 4 aliphatic rings. The molecule has 6 atom stereocenters. The van der Waals surface area contributed by atoms with Crippen LogP contribution in [0.3, 0.4) is 0 Å². The van der Waals surface area contributed by atoms with E-state index in [0.29, 0.717) is 10.8 Å². The summed E-state index contributed by atoms with van der Waals surface area (Å²) in [6.07, 6.45) is 17.1. The monoisotopic (exact) mass is 391 g/mol. The molecule has 0 unspecified atom stereocenters. The van der Waals surface area contributed by atoms with Gasteiger partial charge in [0.15, 0.2) is 0 Å². The minimum Gasteiger partial charge on any atom is -0.462 e. The molecule has 2 fully saturated rings. The van der Waals surface area contributed by atoms with E-state index < -0.39 is 0 Å². The molecular weight excluding hydrogens is 358 g/mol. The molecule has 3 heteroatoms. The van der Waals surface area contributed by atoms with Crippen molar-refractivity contribution >= 4 is 11.5 Å². The molecule has 0 spiro atoms. The van der Waals surface area contributed by atoms with Gasteiger partial charge >= 0.3 is 5.97 Å². The van der Waals surface area contributed by atoms with Crippen molar-refractivity contribution in [3.05, 3.63) is 47.8 Å². The molecule has 0 amide bonds. The van der Waals surface area contributed by atoms with E-state index in [1.54, 1.807) is 11.1 Å². The second-order valence-corrected chi connectivity index (χ2v) is 10.3. The first kappa shape index (κ1) is 19.1. The highest BCUT2D eigenvalue weighted by Gasteiger charge is 2.56. The Labute approximate surface area is 174 Å². The average molecular weight is 392 g/mol. The summed E-state index contributed by atoms with van der Waals surface area (Å²) in [5, 5.41) is 0. The van der Waals surface area contributed by atoms with Crippen molar-refractivity contribution in [2.45, 2.75) is 71.8 Å². The van der Waals surface area contributed by atoms with Gasteiger partial charge in [-0.25, -0.2) is 0 Å². The molecule has 1 heterocycles. The molecule has 5 rings (SSSR count). The number of carbonyl (C=O) groups is 1. The molecule has 1 aromatic rings. The number of pyridine rings is 1. The molecule has 1 aromatic heterocycles. The van der Waals surface area contributed by atoms with E-state index in [2.05, 4.69) is 43.1 Å². The Morgan fingerprint density at radius 3 is 2.55 bits per heavy atom. The van der Waals surface area contributed by atoms with Crippen molar-refractivity contribution in [1.29, 1.82) is 0 Å². The van der Waals surface area contributed by atoms with Gasteiger partial charge in [-0.3, -0.25) is 9.78 Å². The quantitative estimate of drug-likeness (QED) is 0.460. The molecule has 0 saturated heterocycles. The van der Waals surface area contributed by atoms with Crippen LogP contribution in [-0.4, -0.2) is 17.1 Å². The summed E-state index contributed by atoms with van der Waals surface area (Å²) in [6, 6.07) is 4.37. The Morgan fingerprint density at radius 1 is 1.03 bits per heavy atom. The fourth-order valence-electron chi connectivity index (χ4n) is 7.51. The maximum absolute atomic E-state index is 11.4. The van der Waals surface area contributed by atoms with Crippen LogP contribution < -0.4 is 0 Å². The van der Waals surface area contributed by atoms with Gasteiger partial charge in [-0.15, -0.1) is 0 Å². The molecule has 0 N–H and O–H groups in total. The van der Waals surface area contributed by atoms with Crippen molar-refractivity contribution in [3.8, 4) is 0 Å². The zero-order valence-electron chi connectivity index (χ0n) is 18.0. The van der Waals surface area contributed by atoms with Gasteiger partial charge in [-0.05, 0) is 90.4 Å². The predicted molar refractivity (Wildman–Crippen MR) is 115 cm³/mol. The number of hydrogen-bond donors (Lipinski definition) is 0. The van der Waals surface area contributed by atoms with E-state index in [9.17, 15) is 4.79 Å². The summed E-state index contributed by atoms with van der Waals surface area (Å²) in [5.41, 5.74) is 5.07. The average Bonchev–Trinajstić information content (AvgIpc) is 3.06. The molecule has 2 saturated carbocycles. The Hall–Kier alpha value is -1.90. The maximum Gasteiger partial charge on any atom is 0.302 e. The van der Waals surface area contributed by atoms with Crippen molar-refractivity contribution in [2.24, 2.45) is 28.6 Å². The number of rotatable bonds is 2. The third-order valence-electron chi connectivity index (χ3n) is 8.96. The van der Waals surface area contributed by atoms with Crippen molar-refractivity contribution in [2.75, 3.05) is 0 Å². The zero-order chi connectivity index (χ0) is 20.2. The van der Waals surface area contributed by atoms with E-state index in [0.717, 1.165) is 37.0 Å². The van der Waals surface area contributed by atoms with Crippen LogP contribution in [0.4, 0.5) is 0 Å². The van der Waals surface area contributed by atoms with E-state index in [-0.39, 0.29) is 12.1 Å². The normalized spacial score (nSPS) is 40.8. The number of allylic oxidation sites excluding steroid dienone is 3. The third kappa shape index (κ3) is 2.92. The van der Waals surface area contributed by atoms with Gasteiger partial charge in [-0.1, -0.05) is 31.6 Å². The first-order valence-electron chi connectivity index (χ1n) is 11.4. The minimum atomic E-state index is -0.137. The number of hydrogen-bond acceptors (Lipinski definition) is 3. The number of nitrogens with zero attached hydrogens (tertiary/aromatic N) is 1. The first-order valence-corrected chi connectivity index (χ1v) is 11.4. The Balaban J connectivity index is 1.41. The fraction of sp³-hybridized carbons (Fsp3) is 0.615. The lowest BCUT2D eigenvalue weighted by molar-refractivity contribution is -0.148. The summed E-state index contributed by atoms with van der Waals surface area (Å²) in [7, 11) is 0. The van der Waals surface area contributed by atoms with Crippen molar-refractivity contribution in [1.82, 2.24) is 4.98 Å². The Kier molecular flexibility index (Phi) is 4.49. The van der Waals surface area contributed by atoms with E-state index in [4.69, 9.17) is 4.74 Å². The topological polar surface area (TPSA) is 39.2 Å². The predicted octanol–water partition coefficient (Wildman–Crippen LogP) is 5.97. The van der Waals surface area contributed by atoms with E-state index in [1.165, 1.54) is 38.2 Å². The van der Waals surface area contributed by atoms with Gasteiger partial charge in [-0.2, -0.15) is 0 Å². The lowest BCUT2D eigenvalue weighted by atomic mass is 9.47. The van der Waals surface area contributed by atoms with Crippen LogP contribution in [0, 0.1) is 28.6 Å². The second-order valence-electron chi connectivity index (χ2n) is 10.3. The van der Waals surface area contributed by atoms with Gasteiger partial charge in [0.25, 0.3) is 0 Å². The SMILES string of the molecule is CC(=O)O[C@H]1CC[C@@]2(C)C(=CC[C@@H]3[C@@H]2CC[C@]2(C)C(c4ccncc4)=CC[C@@H]32)C1. The van der Waals surface area contributed by atoms with Gasteiger partial charge in [0.1, 0.15) is 6.10 Å². The number of esters is 1. The number of ether oxygens (including phenoxy) is 1. The summed E-state index contributed by atoms with van der Waals surface area (Å²) in [6.45, 7) is 6.56. The summed E-state index contributed by atoms with van der Waals surface area (Å²) < 4.78 is 5.58. The smallest absolute Gasteiger partial charge is 0.302 e. The number of fused-ring (bicyclic) bond motifs is 5. The molecule has 4 aliphatic carbocycles. The van der Waals surface area contributed by atoms with Gasteiger partial charge in [0.05, 0.1) is 0 Å². The lowest BCUT2D eigenvalue weighted by Crippen LogP contribution is -2.50. The fourth-order valence-corrected chi connectivity index (χ4v) is 7.51. The number of aromatic nitrogens is 1. The molecule has 154 valence electrons. The largest absolute Gasteiger partial charge is 0.462 e. The highest BCUT2D eigenvalue weighted by molar-refractivity contribution is 5.72. The molecule has 0 aromatic carbocycles. The minimum absolute atomic E-state index is 0.0867. The van der Waals surface area contributed by atoms with Crippen LogP contribution in [0.1, 0.15) is 71.3 Å². The van der Waals surface area contributed by atoms with Crippen LogP contribution in [0.25, 0.3) is 5.57 Å². The molecule has 0 aliphatic heterocycles. The summed E-state index contributed by atoms with van der Waals surface area (Å²) >= 11 is 0. The van der Waals surface area contributed by atoms with E-state index >= 15 is 0 Å². The van der Waals surface area contributed by atoms with Gasteiger partial charge in [0.2, 0.25) is 0 Å². The summed E-state index contributed by atoms with van der Waals surface area (Å²) in [5.74, 6) is 2.14. The van der Waals surface area contributed by atoms with Crippen LogP contribution in [0.15, 0.2) is 42.3 Å². The number of carbonyl (C=O) groups excluding carboxylic acids is 1. The van der Waals surface area contributed by atoms with Crippen molar-refractivity contribution in [3.63, 3.8) is 0 Å². The molecular formula is C26H33NO2. The lowest BCUT2D eigenvalue weighted by Gasteiger charge is -2.57.